The lowest BCUT2D eigenvalue weighted by Gasteiger charge is -2.14. The van der Waals surface area contributed by atoms with Crippen LogP contribution < -0.4 is 10.6 Å². The third kappa shape index (κ3) is 5.86. The van der Waals surface area contributed by atoms with Gasteiger partial charge in [-0.3, -0.25) is 0 Å². The van der Waals surface area contributed by atoms with Crippen molar-refractivity contribution in [2.24, 2.45) is 0 Å². The molecule has 0 saturated heterocycles. The van der Waals surface area contributed by atoms with E-state index in [1.807, 2.05) is 6.92 Å². The SMILES string of the molecule is CCCNC(=S)Nc1cc(C(=O)OCC)ccc1C(=O)OCC. The molecule has 126 valence electrons. The Morgan fingerprint density at radius 1 is 1.09 bits per heavy atom. The molecule has 6 nitrogen and oxygen atoms in total. The van der Waals surface area contributed by atoms with Crippen molar-refractivity contribution in [2.75, 3.05) is 25.1 Å². The molecule has 0 aliphatic rings. The third-order valence-corrected chi connectivity index (χ3v) is 3.06. The quantitative estimate of drug-likeness (QED) is 0.585. The zero-order chi connectivity index (χ0) is 17.2. The van der Waals surface area contributed by atoms with Gasteiger partial charge in [-0.15, -0.1) is 0 Å². The van der Waals surface area contributed by atoms with E-state index in [1.54, 1.807) is 13.8 Å². The first-order valence-corrected chi connectivity index (χ1v) is 7.97. The van der Waals surface area contributed by atoms with Gasteiger partial charge in [-0.1, -0.05) is 6.92 Å². The fraction of sp³-hybridized carbons (Fsp3) is 0.438. The second-order valence-corrected chi connectivity index (χ2v) is 4.99. The first kappa shape index (κ1) is 18.9. The van der Waals surface area contributed by atoms with Crippen LogP contribution in [0.15, 0.2) is 18.2 Å². The van der Waals surface area contributed by atoms with Gasteiger partial charge in [0, 0.05) is 6.54 Å². The van der Waals surface area contributed by atoms with Crippen LogP contribution in [0.2, 0.25) is 0 Å². The number of carbonyl (C=O) groups is 2. The largest absolute Gasteiger partial charge is 0.462 e. The summed E-state index contributed by atoms with van der Waals surface area (Å²) in [5.74, 6) is -0.943. The van der Waals surface area contributed by atoms with E-state index in [9.17, 15) is 9.59 Å². The monoisotopic (exact) mass is 338 g/mol. The molecule has 1 aromatic carbocycles. The van der Waals surface area contributed by atoms with Gasteiger partial charge in [-0.25, -0.2) is 9.59 Å². The van der Waals surface area contributed by atoms with Gasteiger partial charge in [0.15, 0.2) is 5.11 Å². The molecular weight excluding hydrogens is 316 g/mol. The first-order valence-electron chi connectivity index (χ1n) is 7.56. The Hall–Kier alpha value is -2.15. The number of thiocarbonyl (C=S) groups is 1. The zero-order valence-electron chi connectivity index (χ0n) is 13.6. The molecule has 0 radical (unpaired) electrons. The summed E-state index contributed by atoms with van der Waals surface area (Å²) in [6.07, 6.45) is 0.912. The van der Waals surface area contributed by atoms with E-state index in [0.29, 0.717) is 28.5 Å². The summed E-state index contributed by atoms with van der Waals surface area (Å²) in [6, 6.07) is 4.58. The van der Waals surface area contributed by atoms with Crippen LogP contribution in [-0.4, -0.2) is 36.8 Å². The topological polar surface area (TPSA) is 76.7 Å². The maximum Gasteiger partial charge on any atom is 0.340 e. The maximum absolute atomic E-state index is 12.0. The highest BCUT2D eigenvalue weighted by Crippen LogP contribution is 2.20. The maximum atomic E-state index is 12.0. The van der Waals surface area contributed by atoms with E-state index in [4.69, 9.17) is 21.7 Å². The minimum Gasteiger partial charge on any atom is -0.462 e. The highest BCUT2D eigenvalue weighted by Gasteiger charge is 2.17. The molecule has 0 aromatic heterocycles. The van der Waals surface area contributed by atoms with Gasteiger partial charge in [0.1, 0.15) is 0 Å². The van der Waals surface area contributed by atoms with Gasteiger partial charge in [0.25, 0.3) is 0 Å². The summed E-state index contributed by atoms with van der Waals surface area (Å²) in [5.41, 5.74) is 1.05. The lowest BCUT2D eigenvalue weighted by molar-refractivity contribution is 0.0512. The summed E-state index contributed by atoms with van der Waals surface area (Å²) in [4.78, 5) is 23.9. The molecule has 0 unspecified atom stereocenters. The molecule has 0 bridgehead atoms. The van der Waals surface area contributed by atoms with Crippen molar-refractivity contribution in [3.05, 3.63) is 29.3 Å². The van der Waals surface area contributed by atoms with Gasteiger partial charge in [-0.2, -0.15) is 0 Å². The van der Waals surface area contributed by atoms with Crippen LogP contribution in [0.1, 0.15) is 47.9 Å². The second kappa shape index (κ2) is 9.78. The summed E-state index contributed by atoms with van der Waals surface area (Å²) in [5, 5.41) is 6.31. The van der Waals surface area contributed by atoms with Gasteiger partial charge >= 0.3 is 11.9 Å². The highest BCUT2D eigenvalue weighted by atomic mass is 32.1. The number of hydrogen-bond acceptors (Lipinski definition) is 5. The van der Waals surface area contributed by atoms with Crippen LogP contribution in [0.4, 0.5) is 5.69 Å². The highest BCUT2D eigenvalue weighted by molar-refractivity contribution is 7.80. The smallest absolute Gasteiger partial charge is 0.340 e. The van der Waals surface area contributed by atoms with Gasteiger partial charge < -0.3 is 20.1 Å². The third-order valence-electron chi connectivity index (χ3n) is 2.81. The Kier molecular flexibility index (Phi) is 8.04. The molecule has 0 fully saturated rings. The number of benzene rings is 1. The Morgan fingerprint density at radius 2 is 1.74 bits per heavy atom. The van der Waals surface area contributed by atoms with Crippen LogP contribution >= 0.6 is 12.2 Å². The summed E-state index contributed by atoms with van der Waals surface area (Å²) in [7, 11) is 0. The van der Waals surface area contributed by atoms with Crippen molar-refractivity contribution in [3.63, 3.8) is 0 Å². The average molecular weight is 338 g/mol. The van der Waals surface area contributed by atoms with Crippen molar-refractivity contribution in [1.82, 2.24) is 5.32 Å². The van der Waals surface area contributed by atoms with Crippen LogP contribution in [0.25, 0.3) is 0 Å². The predicted molar refractivity (Wildman–Crippen MR) is 92.9 cm³/mol. The summed E-state index contributed by atoms with van der Waals surface area (Å²) >= 11 is 5.18. The van der Waals surface area contributed by atoms with Gasteiger partial charge in [-0.05, 0) is 50.7 Å². The number of nitrogens with one attached hydrogen (secondary N) is 2. The number of carbonyl (C=O) groups excluding carboxylic acids is 2. The molecule has 7 heteroatoms. The molecule has 2 N–H and O–H groups in total. The van der Waals surface area contributed by atoms with Gasteiger partial charge in [0.2, 0.25) is 0 Å². The summed E-state index contributed by atoms with van der Waals surface area (Å²) in [6.45, 7) is 6.71. The lowest BCUT2D eigenvalue weighted by Crippen LogP contribution is -2.29. The molecule has 0 atom stereocenters. The second-order valence-electron chi connectivity index (χ2n) is 4.58. The summed E-state index contributed by atoms with van der Waals surface area (Å²) < 4.78 is 9.99. The molecule has 0 amide bonds. The van der Waals surface area contributed by atoms with E-state index in [0.717, 1.165) is 6.42 Å². The van der Waals surface area contributed by atoms with Crippen molar-refractivity contribution >= 4 is 35.0 Å². The van der Waals surface area contributed by atoms with E-state index in [-0.39, 0.29) is 13.2 Å². The zero-order valence-corrected chi connectivity index (χ0v) is 14.4. The Labute approximate surface area is 141 Å². The minimum absolute atomic E-state index is 0.260. The molecular formula is C16H22N2O4S. The molecule has 0 aliphatic carbocycles. The van der Waals surface area contributed by atoms with Crippen molar-refractivity contribution in [3.8, 4) is 0 Å². The Balaban J connectivity index is 3.07. The van der Waals surface area contributed by atoms with Crippen molar-refractivity contribution < 1.29 is 19.1 Å². The first-order chi connectivity index (χ1) is 11.0. The van der Waals surface area contributed by atoms with Crippen LogP contribution in [-0.2, 0) is 9.47 Å². The van der Waals surface area contributed by atoms with Gasteiger partial charge in [0.05, 0.1) is 30.0 Å². The van der Waals surface area contributed by atoms with Crippen molar-refractivity contribution in [2.45, 2.75) is 27.2 Å². The number of ether oxygens (including phenoxy) is 2. The molecule has 0 heterocycles. The van der Waals surface area contributed by atoms with Crippen LogP contribution in [0, 0.1) is 0 Å². The number of hydrogen-bond donors (Lipinski definition) is 2. The molecule has 0 spiro atoms. The number of anilines is 1. The molecule has 0 aliphatic heterocycles. The fourth-order valence-electron chi connectivity index (χ4n) is 1.78. The Morgan fingerprint density at radius 3 is 2.35 bits per heavy atom. The normalized spacial score (nSPS) is 9.87. The van der Waals surface area contributed by atoms with E-state index in [1.165, 1.54) is 18.2 Å². The number of rotatable bonds is 7. The molecule has 23 heavy (non-hydrogen) atoms. The molecule has 0 saturated carbocycles. The van der Waals surface area contributed by atoms with Crippen molar-refractivity contribution in [1.29, 1.82) is 0 Å². The average Bonchev–Trinajstić information content (AvgIpc) is 2.53. The lowest BCUT2D eigenvalue weighted by atomic mass is 10.1. The Bertz CT molecular complexity index is 575. The molecule has 1 aromatic rings. The number of esters is 2. The standard InChI is InChI=1S/C16H22N2O4S/c1-4-9-17-16(23)18-13-10-11(14(19)21-5-2)7-8-12(13)15(20)22-6-3/h7-8,10H,4-6,9H2,1-3H3,(H2,17,18,23). The van der Waals surface area contributed by atoms with Crippen LogP contribution in [0.5, 0.6) is 0 Å². The van der Waals surface area contributed by atoms with Crippen LogP contribution in [0.3, 0.4) is 0 Å². The minimum atomic E-state index is -0.483. The fourth-order valence-corrected chi connectivity index (χ4v) is 1.99. The van der Waals surface area contributed by atoms with E-state index >= 15 is 0 Å². The molecule has 1 rings (SSSR count). The van der Waals surface area contributed by atoms with E-state index < -0.39 is 11.9 Å². The predicted octanol–water partition coefficient (Wildman–Crippen LogP) is 2.74. The van der Waals surface area contributed by atoms with E-state index in [2.05, 4.69) is 10.6 Å².